The average Bonchev–Trinajstić information content (AvgIpc) is 3.15. The van der Waals surface area contributed by atoms with Gasteiger partial charge in [-0.05, 0) is 64.7 Å². The Hall–Kier alpha value is -2.08. The first-order chi connectivity index (χ1) is 11.7. The predicted octanol–water partition coefficient (Wildman–Crippen LogP) is 3.38. The molecule has 0 spiro atoms. The summed E-state index contributed by atoms with van der Waals surface area (Å²) in [6, 6.07) is 9.33. The molecule has 0 aliphatic carbocycles. The third kappa shape index (κ3) is 3.87. The van der Waals surface area contributed by atoms with Crippen LogP contribution in [-0.4, -0.2) is 31.1 Å². The van der Waals surface area contributed by atoms with Gasteiger partial charge in [-0.1, -0.05) is 0 Å². The van der Waals surface area contributed by atoms with Gasteiger partial charge in [0, 0.05) is 30.3 Å². The van der Waals surface area contributed by atoms with Gasteiger partial charge in [-0.15, -0.1) is 0 Å². The van der Waals surface area contributed by atoms with Gasteiger partial charge in [-0.2, -0.15) is 0 Å². The van der Waals surface area contributed by atoms with Crippen molar-refractivity contribution in [1.82, 2.24) is 10.3 Å². The van der Waals surface area contributed by atoms with Crippen molar-refractivity contribution in [3.63, 3.8) is 0 Å². The molecule has 5 nitrogen and oxygen atoms in total. The van der Waals surface area contributed by atoms with E-state index in [0.29, 0.717) is 17.9 Å². The summed E-state index contributed by atoms with van der Waals surface area (Å²) in [6.07, 6.45) is 4.23. The molecule has 1 saturated heterocycles. The van der Waals surface area contributed by atoms with Crippen LogP contribution in [0.3, 0.4) is 0 Å². The highest BCUT2D eigenvalue weighted by atomic mass is 79.9. The van der Waals surface area contributed by atoms with Crippen molar-refractivity contribution >= 4 is 27.7 Å². The molecule has 0 atom stereocenters. The number of hydrogen-bond acceptors (Lipinski definition) is 4. The minimum atomic E-state index is -0.139. The smallest absolute Gasteiger partial charge is 0.252 e. The molecule has 0 bridgehead atoms. The van der Waals surface area contributed by atoms with Gasteiger partial charge in [0.1, 0.15) is 11.6 Å². The maximum Gasteiger partial charge on any atom is 0.252 e. The Balaban J connectivity index is 1.67. The second kappa shape index (κ2) is 7.66. The first-order valence-corrected chi connectivity index (χ1v) is 8.78. The number of ether oxygens (including phenoxy) is 1. The number of benzene rings is 1. The van der Waals surface area contributed by atoms with Gasteiger partial charge in [0.05, 0.1) is 12.7 Å². The average molecular weight is 390 g/mol. The van der Waals surface area contributed by atoms with E-state index in [4.69, 9.17) is 4.74 Å². The number of nitrogens with one attached hydrogen (secondary N) is 1. The van der Waals surface area contributed by atoms with Crippen LogP contribution in [0.5, 0.6) is 5.75 Å². The predicted molar refractivity (Wildman–Crippen MR) is 97.5 cm³/mol. The van der Waals surface area contributed by atoms with E-state index in [0.717, 1.165) is 28.9 Å². The van der Waals surface area contributed by atoms with Crippen LogP contribution in [-0.2, 0) is 6.54 Å². The number of methoxy groups -OCH3 is 1. The zero-order valence-electron chi connectivity index (χ0n) is 13.6. The summed E-state index contributed by atoms with van der Waals surface area (Å²) >= 11 is 3.41. The fraction of sp³-hybridized carbons (Fsp3) is 0.333. The number of pyridine rings is 1. The molecule has 1 amide bonds. The number of aromatic nitrogens is 1. The Morgan fingerprint density at radius 1 is 1.29 bits per heavy atom. The summed E-state index contributed by atoms with van der Waals surface area (Å²) in [7, 11) is 1.59. The van der Waals surface area contributed by atoms with Gasteiger partial charge < -0.3 is 15.0 Å². The van der Waals surface area contributed by atoms with Crippen molar-refractivity contribution in [2.75, 3.05) is 25.1 Å². The van der Waals surface area contributed by atoms with E-state index in [1.165, 1.54) is 12.8 Å². The van der Waals surface area contributed by atoms with E-state index in [1.807, 2.05) is 24.3 Å². The molecule has 1 aromatic carbocycles. The molecule has 6 heteroatoms. The number of nitrogens with zero attached hydrogens (tertiary/aromatic N) is 2. The monoisotopic (exact) mass is 389 g/mol. The molecule has 1 aromatic heterocycles. The molecule has 1 fully saturated rings. The van der Waals surface area contributed by atoms with Crippen LogP contribution < -0.4 is 15.0 Å². The topological polar surface area (TPSA) is 54.5 Å². The number of amides is 1. The Kier molecular flexibility index (Phi) is 5.35. The molecule has 0 unspecified atom stereocenters. The molecule has 0 saturated carbocycles. The molecule has 3 rings (SSSR count). The molecular weight excluding hydrogens is 370 g/mol. The lowest BCUT2D eigenvalue weighted by molar-refractivity contribution is 0.0950. The zero-order chi connectivity index (χ0) is 16.9. The molecule has 24 heavy (non-hydrogen) atoms. The van der Waals surface area contributed by atoms with E-state index in [1.54, 1.807) is 19.4 Å². The van der Waals surface area contributed by atoms with Gasteiger partial charge in [0.15, 0.2) is 0 Å². The van der Waals surface area contributed by atoms with Gasteiger partial charge in [-0.25, -0.2) is 4.98 Å². The van der Waals surface area contributed by atoms with Crippen LogP contribution in [0.2, 0.25) is 0 Å². The molecule has 126 valence electrons. The Morgan fingerprint density at radius 3 is 2.83 bits per heavy atom. The van der Waals surface area contributed by atoms with Crippen LogP contribution in [0.25, 0.3) is 0 Å². The summed E-state index contributed by atoms with van der Waals surface area (Å²) in [5.74, 6) is 1.51. The van der Waals surface area contributed by atoms with Crippen molar-refractivity contribution in [2.24, 2.45) is 0 Å². The fourth-order valence-electron chi connectivity index (χ4n) is 2.77. The molecule has 2 heterocycles. The van der Waals surface area contributed by atoms with Crippen molar-refractivity contribution in [1.29, 1.82) is 0 Å². The van der Waals surface area contributed by atoms with Crippen LogP contribution >= 0.6 is 15.9 Å². The summed E-state index contributed by atoms with van der Waals surface area (Å²) in [5.41, 5.74) is 1.60. The summed E-state index contributed by atoms with van der Waals surface area (Å²) in [4.78, 5) is 19.1. The van der Waals surface area contributed by atoms with Crippen LogP contribution in [0.15, 0.2) is 41.0 Å². The van der Waals surface area contributed by atoms with Crippen LogP contribution in [0, 0.1) is 0 Å². The minimum absolute atomic E-state index is 0.139. The number of hydrogen-bond donors (Lipinski definition) is 1. The van der Waals surface area contributed by atoms with Crippen molar-refractivity contribution < 1.29 is 9.53 Å². The fourth-order valence-corrected chi connectivity index (χ4v) is 3.20. The maximum absolute atomic E-state index is 12.4. The second-order valence-electron chi connectivity index (χ2n) is 5.74. The number of carbonyl (C=O) groups is 1. The maximum atomic E-state index is 12.4. The van der Waals surface area contributed by atoms with E-state index in [-0.39, 0.29) is 5.91 Å². The minimum Gasteiger partial charge on any atom is -0.497 e. The molecular formula is C18H20BrN3O2. The lowest BCUT2D eigenvalue weighted by atomic mass is 10.2. The summed E-state index contributed by atoms with van der Waals surface area (Å²) in [6.45, 7) is 2.57. The zero-order valence-corrected chi connectivity index (χ0v) is 15.2. The first kappa shape index (κ1) is 16.8. The lowest BCUT2D eigenvalue weighted by Gasteiger charge is -2.17. The van der Waals surface area contributed by atoms with E-state index in [9.17, 15) is 4.79 Å². The Bertz CT molecular complexity index is 730. The van der Waals surface area contributed by atoms with Crippen molar-refractivity contribution in [3.8, 4) is 5.75 Å². The van der Waals surface area contributed by atoms with Gasteiger partial charge in [0.25, 0.3) is 5.91 Å². The molecule has 1 N–H and O–H groups in total. The second-order valence-corrected chi connectivity index (χ2v) is 6.60. The van der Waals surface area contributed by atoms with E-state index in [2.05, 4.69) is 31.1 Å². The van der Waals surface area contributed by atoms with E-state index < -0.39 is 0 Å². The number of rotatable bonds is 5. The van der Waals surface area contributed by atoms with E-state index >= 15 is 0 Å². The normalized spacial score (nSPS) is 13.8. The third-order valence-electron chi connectivity index (χ3n) is 4.11. The highest BCUT2D eigenvalue weighted by Gasteiger charge is 2.14. The summed E-state index contributed by atoms with van der Waals surface area (Å²) in [5, 5.41) is 2.95. The molecule has 1 aliphatic heterocycles. The Morgan fingerprint density at radius 2 is 2.08 bits per heavy atom. The molecule has 2 aromatic rings. The largest absolute Gasteiger partial charge is 0.497 e. The van der Waals surface area contributed by atoms with Gasteiger partial charge >= 0.3 is 0 Å². The summed E-state index contributed by atoms with van der Waals surface area (Å²) < 4.78 is 5.92. The SMILES string of the molecule is COc1ccc(Br)c(C(=O)NCc2ccnc(N3CCCC3)c2)c1. The standard InChI is InChI=1S/C18H20BrN3O2/c1-24-14-4-5-16(19)15(11-14)18(23)21-12-13-6-7-20-17(10-13)22-8-2-3-9-22/h4-7,10-11H,2-3,8-9,12H2,1H3,(H,21,23). The van der Waals surface area contributed by atoms with Gasteiger partial charge in [0.2, 0.25) is 0 Å². The highest BCUT2D eigenvalue weighted by molar-refractivity contribution is 9.10. The number of halogens is 1. The molecule has 0 radical (unpaired) electrons. The van der Waals surface area contributed by atoms with Crippen LogP contribution in [0.1, 0.15) is 28.8 Å². The molecule has 1 aliphatic rings. The first-order valence-electron chi connectivity index (χ1n) is 7.99. The number of carbonyl (C=O) groups excluding carboxylic acids is 1. The van der Waals surface area contributed by atoms with Crippen molar-refractivity contribution in [2.45, 2.75) is 19.4 Å². The quantitative estimate of drug-likeness (QED) is 0.851. The third-order valence-corrected chi connectivity index (χ3v) is 4.80. The highest BCUT2D eigenvalue weighted by Crippen LogP contribution is 2.23. The van der Waals surface area contributed by atoms with Crippen LogP contribution in [0.4, 0.5) is 5.82 Å². The van der Waals surface area contributed by atoms with Crippen molar-refractivity contribution in [3.05, 3.63) is 52.1 Å². The van der Waals surface area contributed by atoms with Gasteiger partial charge in [-0.3, -0.25) is 4.79 Å². The lowest BCUT2D eigenvalue weighted by Crippen LogP contribution is -2.24. The number of anilines is 1. The Labute approximate surface area is 150 Å².